The number of rotatable bonds is 9. The third-order valence-electron chi connectivity index (χ3n) is 4.22. The second kappa shape index (κ2) is 11.6. The van der Waals surface area contributed by atoms with Gasteiger partial charge in [0.15, 0.2) is 0 Å². The predicted octanol–water partition coefficient (Wildman–Crippen LogP) is 3.35. The van der Waals surface area contributed by atoms with Crippen LogP contribution in [0.15, 0.2) is 60.7 Å². The molecule has 2 aromatic rings. The molecule has 0 aromatic heterocycles. The van der Waals surface area contributed by atoms with Crippen molar-refractivity contribution in [3.63, 3.8) is 0 Å². The van der Waals surface area contributed by atoms with Gasteiger partial charge in [-0.3, -0.25) is 15.3 Å². The molecule has 30 heavy (non-hydrogen) atoms. The Morgan fingerprint density at radius 3 is 2.57 bits per heavy atom. The van der Waals surface area contributed by atoms with Gasteiger partial charge < -0.3 is 14.6 Å². The summed E-state index contributed by atoms with van der Waals surface area (Å²) in [4.78, 5) is 23.8. The first kappa shape index (κ1) is 22.9. The van der Waals surface area contributed by atoms with Gasteiger partial charge in [0.25, 0.3) is 5.91 Å². The number of anilines is 1. The molecule has 2 rings (SSSR count). The van der Waals surface area contributed by atoms with Crippen molar-refractivity contribution < 1.29 is 29.4 Å². The topological polar surface area (TPSA) is 117 Å². The van der Waals surface area contributed by atoms with E-state index < -0.39 is 24.0 Å². The second-order valence-corrected chi connectivity index (χ2v) is 6.66. The molecule has 0 bridgehead atoms. The van der Waals surface area contributed by atoms with Crippen LogP contribution >= 0.6 is 0 Å². The molecule has 2 atom stereocenters. The monoisotopic (exact) mass is 414 g/mol. The maximum Gasteiger partial charge on any atom is 0.412 e. The highest BCUT2D eigenvalue weighted by molar-refractivity contribution is 5.86. The molecular formula is C22H26N2O6. The molecule has 0 radical (unpaired) electrons. The van der Waals surface area contributed by atoms with Gasteiger partial charge in [0.1, 0.15) is 18.5 Å². The normalized spacial score (nSPS) is 12.8. The second-order valence-electron chi connectivity index (χ2n) is 6.66. The van der Waals surface area contributed by atoms with E-state index in [0.717, 1.165) is 11.6 Å². The van der Waals surface area contributed by atoms with Crippen LogP contribution in [0.4, 0.5) is 10.5 Å². The van der Waals surface area contributed by atoms with Crippen molar-refractivity contribution in [2.45, 2.75) is 20.0 Å². The maximum absolute atomic E-state index is 12.5. The number of ether oxygens (including phenoxy) is 2. The molecule has 0 spiro atoms. The Bertz CT molecular complexity index is 866. The molecule has 0 aliphatic heterocycles. The van der Waals surface area contributed by atoms with E-state index in [1.165, 1.54) is 11.6 Å². The Hall–Kier alpha value is -3.36. The fraction of sp³-hybridized carbons (Fsp3) is 0.273. The first-order chi connectivity index (χ1) is 14.4. The molecule has 2 aromatic carbocycles. The Labute approximate surface area is 175 Å². The van der Waals surface area contributed by atoms with Crippen LogP contribution in [0.2, 0.25) is 0 Å². The summed E-state index contributed by atoms with van der Waals surface area (Å²) in [5.41, 5.74) is 3.82. The van der Waals surface area contributed by atoms with E-state index in [-0.39, 0.29) is 13.2 Å². The molecule has 0 aliphatic rings. The summed E-state index contributed by atoms with van der Waals surface area (Å²) in [5.74, 6) is -0.581. The average molecular weight is 414 g/mol. The number of aryl methyl sites for hydroxylation is 1. The zero-order valence-electron chi connectivity index (χ0n) is 16.9. The number of carbonyl (C=O) groups excluding carboxylic acids is 2. The van der Waals surface area contributed by atoms with Crippen molar-refractivity contribution in [3.8, 4) is 5.75 Å². The summed E-state index contributed by atoms with van der Waals surface area (Å²) < 4.78 is 11.1. The Balaban J connectivity index is 2.21. The predicted molar refractivity (Wildman–Crippen MR) is 111 cm³/mol. The highest BCUT2D eigenvalue weighted by Crippen LogP contribution is 2.30. The van der Waals surface area contributed by atoms with Crippen molar-refractivity contribution in [3.05, 3.63) is 71.8 Å². The lowest BCUT2D eigenvalue weighted by Gasteiger charge is -2.23. The molecule has 0 saturated carbocycles. The largest absolute Gasteiger partial charge is 0.491 e. The molecule has 4 N–H and O–H groups in total. The van der Waals surface area contributed by atoms with Gasteiger partial charge in [0.2, 0.25) is 0 Å². The van der Waals surface area contributed by atoms with Crippen LogP contribution in [0.1, 0.15) is 24.2 Å². The van der Waals surface area contributed by atoms with E-state index in [1.807, 2.05) is 19.1 Å². The molecule has 0 aliphatic carbocycles. The quantitative estimate of drug-likeness (QED) is 0.284. The molecular weight excluding hydrogens is 388 g/mol. The van der Waals surface area contributed by atoms with Gasteiger partial charge in [-0.1, -0.05) is 42.8 Å². The summed E-state index contributed by atoms with van der Waals surface area (Å²) in [6.07, 6.45) is 1.29. The minimum atomic E-state index is -0.740. The molecule has 0 saturated heterocycles. The highest BCUT2D eigenvalue weighted by Gasteiger charge is 2.23. The molecule has 160 valence electrons. The van der Waals surface area contributed by atoms with Gasteiger partial charge in [-0.15, -0.1) is 0 Å². The maximum atomic E-state index is 12.5. The van der Waals surface area contributed by atoms with Crippen LogP contribution in [0.3, 0.4) is 0 Å². The summed E-state index contributed by atoms with van der Waals surface area (Å²) in [6, 6.07) is 14.2. The fourth-order valence-corrected chi connectivity index (χ4v) is 2.70. The summed E-state index contributed by atoms with van der Waals surface area (Å²) in [5, 5.41) is 20.3. The van der Waals surface area contributed by atoms with E-state index in [0.29, 0.717) is 17.0 Å². The number of aliphatic hydroxyl groups excluding tert-OH is 1. The summed E-state index contributed by atoms with van der Waals surface area (Å²) in [7, 11) is 0. The number of hydroxylamine groups is 1. The number of amides is 2. The molecule has 0 fully saturated rings. The van der Waals surface area contributed by atoms with Crippen molar-refractivity contribution in [2.24, 2.45) is 5.92 Å². The van der Waals surface area contributed by atoms with E-state index >= 15 is 0 Å². The molecule has 8 heteroatoms. The van der Waals surface area contributed by atoms with E-state index in [9.17, 15) is 9.59 Å². The Morgan fingerprint density at radius 1 is 1.17 bits per heavy atom. The van der Waals surface area contributed by atoms with E-state index in [2.05, 4.69) is 5.32 Å². The zero-order valence-corrected chi connectivity index (χ0v) is 16.9. The molecule has 0 unspecified atom stereocenters. The lowest BCUT2D eigenvalue weighted by atomic mass is 9.96. The van der Waals surface area contributed by atoms with Crippen LogP contribution in [0, 0.1) is 12.8 Å². The van der Waals surface area contributed by atoms with E-state index in [1.54, 1.807) is 43.3 Å². The van der Waals surface area contributed by atoms with Crippen LogP contribution in [-0.2, 0) is 9.53 Å². The van der Waals surface area contributed by atoms with Gasteiger partial charge in [-0.05, 0) is 36.8 Å². The number of carbonyl (C=O) groups is 2. The van der Waals surface area contributed by atoms with Crippen molar-refractivity contribution in [1.29, 1.82) is 0 Å². The summed E-state index contributed by atoms with van der Waals surface area (Å²) >= 11 is 0. The van der Waals surface area contributed by atoms with Gasteiger partial charge in [0, 0.05) is 17.7 Å². The van der Waals surface area contributed by atoms with Gasteiger partial charge in [-0.25, -0.2) is 10.3 Å². The minimum absolute atomic E-state index is 0.126. The number of aliphatic hydroxyl groups is 1. The third kappa shape index (κ3) is 7.23. The number of benzene rings is 2. The first-order valence-corrected chi connectivity index (χ1v) is 9.43. The zero-order chi connectivity index (χ0) is 21.9. The molecule has 0 heterocycles. The molecule has 8 nitrogen and oxygen atoms in total. The number of hydrogen-bond acceptors (Lipinski definition) is 6. The average Bonchev–Trinajstić information content (AvgIpc) is 2.75. The first-order valence-electron chi connectivity index (χ1n) is 9.43. The van der Waals surface area contributed by atoms with Crippen LogP contribution in [0.5, 0.6) is 5.75 Å². The fourth-order valence-electron chi connectivity index (χ4n) is 2.70. The number of hydrogen-bond donors (Lipinski definition) is 4. The summed E-state index contributed by atoms with van der Waals surface area (Å²) in [6.45, 7) is 3.72. The Morgan fingerprint density at radius 2 is 1.90 bits per heavy atom. The van der Waals surface area contributed by atoms with Gasteiger partial charge in [0.05, 0.1) is 6.61 Å². The molecule has 2 amide bonds. The lowest BCUT2D eigenvalue weighted by Crippen LogP contribution is -2.22. The lowest BCUT2D eigenvalue weighted by molar-refractivity contribution is -0.124. The van der Waals surface area contributed by atoms with Crippen LogP contribution < -0.4 is 15.5 Å². The van der Waals surface area contributed by atoms with Crippen LogP contribution in [-0.4, -0.2) is 35.5 Å². The van der Waals surface area contributed by atoms with Gasteiger partial charge >= 0.3 is 6.09 Å². The third-order valence-corrected chi connectivity index (χ3v) is 4.22. The standard InChI is InChI=1S/C22H26N2O6/c1-15-6-9-18(10-7-15)23-22(27)30-21(16(2)8-11-20(26)24-28)17-4-3-5-19(14-17)29-13-12-25/h3-11,14,16,21,25,28H,12-13H2,1-2H3,(H,23,27)(H,24,26)/b11-8+/t16-,21+/m1/s1. The minimum Gasteiger partial charge on any atom is -0.491 e. The van der Waals surface area contributed by atoms with Crippen molar-refractivity contribution in [2.75, 3.05) is 18.5 Å². The SMILES string of the molecule is Cc1ccc(NC(=O)O[C@H](c2cccc(OCCO)c2)[C@H](C)/C=C/C(=O)NO)cc1. The smallest absolute Gasteiger partial charge is 0.412 e. The van der Waals surface area contributed by atoms with Crippen molar-refractivity contribution in [1.82, 2.24) is 5.48 Å². The Kier molecular flexibility index (Phi) is 8.86. The highest BCUT2D eigenvalue weighted by atomic mass is 16.6. The van der Waals surface area contributed by atoms with Gasteiger partial charge in [-0.2, -0.15) is 0 Å². The van der Waals surface area contributed by atoms with Crippen LogP contribution in [0.25, 0.3) is 0 Å². The van der Waals surface area contributed by atoms with E-state index in [4.69, 9.17) is 19.8 Å². The number of nitrogens with one attached hydrogen (secondary N) is 2. The van der Waals surface area contributed by atoms with Crippen molar-refractivity contribution >= 4 is 17.7 Å².